The molecule has 4 N–H and O–H groups in total. The second kappa shape index (κ2) is 8.56. The van der Waals surface area contributed by atoms with Crippen molar-refractivity contribution in [3.8, 4) is 0 Å². The third-order valence-electron chi connectivity index (χ3n) is 3.55. The molecule has 1 amide bonds. The Morgan fingerprint density at radius 2 is 2.14 bits per heavy atom. The Bertz CT molecular complexity index is 318. The number of nitrogens with zero attached hydrogens (tertiary/aromatic N) is 1. The van der Waals surface area contributed by atoms with E-state index in [-0.39, 0.29) is 18.7 Å². The summed E-state index contributed by atoms with van der Waals surface area (Å²) in [5, 5.41) is 11.9. The van der Waals surface area contributed by atoms with E-state index in [2.05, 4.69) is 10.2 Å². The van der Waals surface area contributed by atoms with Gasteiger partial charge in [-0.2, -0.15) is 0 Å². The lowest BCUT2D eigenvalue weighted by Crippen LogP contribution is -2.52. The van der Waals surface area contributed by atoms with Gasteiger partial charge in [-0.1, -0.05) is 0 Å². The van der Waals surface area contributed by atoms with Gasteiger partial charge in [0.2, 0.25) is 0 Å². The second-order valence-electron chi connectivity index (χ2n) is 6.86. The van der Waals surface area contributed by atoms with Gasteiger partial charge in [0.25, 0.3) is 0 Å². The fraction of sp³-hybridized carbons (Fsp3) is 0.933. The Balaban J connectivity index is 2.52. The molecule has 6 nitrogen and oxygen atoms in total. The minimum Gasteiger partial charge on any atom is -0.444 e. The zero-order valence-corrected chi connectivity index (χ0v) is 13.6. The van der Waals surface area contributed by atoms with E-state index in [0.29, 0.717) is 12.5 Å². The molecule has 0 bridgehead atoms. The molecular formula is C15H31N3O3. The molecule has 0 aliphatic carbocycles. The molecule has 1 aliphatic rings. The summed E-state index contributed by atoms with van der Waals surface area (Å²) in [6.07, 6.45) is 2.35. The van der Waals surface area contributed by atoms with Crippen molar-refractivity contribution in [3.63, 3.8) is 0 Å². The van der Waals surface area contributed by atoms with Crippen molar-refractivity contribution < 1.29 is 14.6 Å². The Morgan fingerprint density at radius 3 is 2.71 bits per heavy atom. The van der Waals surface area contributed by atoms with Crippen LogP contribution in [0.2, 0.25) is 0 Å². The number of aliphatic hydroxyl groups excluding tert-OH is 1. The molecule has 0 aromatic heterocycles. The smallest absolute Gasteiger partial charge is 0.407 e. The fourth-order valence-corrected chi connectivity index (χ4v) is 2.84. The first kappa shape index (κ1) is 18.2. The van der Waals surface area contributed by atoms with Gasteiger partial charge in [-0.3, -0.25) is 4.90 Å². The van der Waals surface area contributed by atoms with Crippen LogP contribution in [0.4, 0.5) is 4.79 Å². The van der Waals surface area contributed by atoms with Gasteiger partial charge in [-0.25, -0.2) is 4.79 Å². The highest BCUT2D eigenvalue weighted by Crippen LogP contribution is 2.21. The topological polar surface area (TPSA) is 87.8 Å². The van der Waals surface area contributed by atoms with Gasteiger partial charge >= 0.3 is 6.09 Å². The number of aliphatic hydroxyl groups is 1. The molecular weight excluding hydrogens is 270 g/mol. The van der Waals surface area contributed by atoms with Crippen LogP contribution in [0.3, 0.4) is 0 Å². The van der Waals surface area contributed by atoms with Crippen molar-refractivity contribution in [2.75, 3.05) is 32.8 Å². The van der Waals surface area contributed by atoms with Crippen LogP contribution >= 0.6 is 0 Å². The molecule has 0 radical (unpaired) electrons. The summed E-state index contributed by atoms with van der Waals surface area (Å²) in [6.45, 7) is 9.05. The van der Waals surface area contributed by atoms with Crippen LogP contribution in [0.5, 0.6) is 0 Å². The van der Waals surface area contributed by atoms with Crippen LogP contribution in [-0.2, 0) is 4.74 Å². The number of ether oxygens (including phenoxy) is 1. The summed E-state index contributed by atoms with van der Waals surface area (Å²) in [7, 11) is 0. The molecule has 0 aromatic rings. The molecule has 1 aliphatic heterocycles. The first-order chi connectivity index (χ1) is 9.84. The average molecular weight is 301 g/mol. The molecule has 1 fully saturated rings. The third-order valence-corrected chi connectivity index (χ3v) is 3.55. The highest BCUT2D eigenvalue weighted by Gasteiger charge is 2.28. The number of nitrogens with two attached hydrogens (primary N) is 1. The predicted molar refractivity (Wildman–Crippen MR) is 83.1 cm³/mol. The molecule has 124 valence electrons. The van der Waals surface area contributed by atoms with Gasteiger partial charge in [0.05, 0.1) is 0 Å². The van der Waals surface area contributed by atoms with E-state index in [4.69, 9.17) is 15.6 Å². The van der Waals surface area contributed by atoms with E-state index in [1.165, 1.54) is 0 Å². The van der Waals surface area contributed by atoms with E-state index >= 15 is 0 Å². The maximum Gasteiger partial charge on any atom is 0.407 e. The van der Waals surface area contributed by atoms with Crippen molar-refractivity contribution in [1.29, 1.82) is 0 Å². The quantitative estimate of drug-likeness (QED) is 0.679. The summed E-state index contributed by atoms with van der Waals surface area (Å²) < 4.78 is 5.32. The van der Waals surface area contributed by atoms with Crippen molar-refractivity contribution in [1.82, 2.24) is 10.2 Å². The maximum absolute atomic E-state index is 11.9. The van der Waals surface area contributed by atoms with Crippen LogP contribution in [0.1, 0.15) is 40.0 Å². The lowest BCUT2D eigenvalue weighted by Gasteiger charge is -2.38. The number of hydrogen-bond acceptors (Lipinski definition) is 5. The number of alkyl carbamates (subject to hydrolysis) is 1. The summed E-state index contributed by atoms with van der Waals surface area (Å²) in [5.41, 5.74) is 5.16. The third kappa shape index (κ3) is 7.64. The number of likely N-dealkylation sites (tertiary alicyclic amines) is 1. The number of carbonyl (C=O) groups excluding carboxylic acids is 1. The molecule has 6 heteroatoms. The maximum atomic E-state index is 11.9. The fourth-order valence-electron chi connectivity index (χ4n) is 2.84. The van der Waals surface area contributed by atoms with Gasteiger partial charge in [0, 0.05) is 38.8 Å². The number of nitrogens with one attached hydrogen (secondary N) is 1. The summed E-state index contributed by atoms with van der Waals surface area (Å²) in [6, 6.07) is 0.0869. The first-order valence-electron chi connectivity index (χ1n) is 7.87. The van der Waals surface area contributed by atoms with E-state index in [1.54, 1.807) is 0 Å². The van der Waals surface area contributed by atoms with Crippen LogP contribution in [0.15, 0.2) is 0 Å². The van der Waals surface area contributed by atoms with Crippen molar-refractivity contribution in [2.24, 2.45) is 11.7 Å². The SMILES string of the molecule is CC(C)(C)OC(=O)NC1CC(CCCO)CN(CCN)C1. The molecule has 2 atom stereocenters. The molecule has 0 aromatic carbocycles. The zero-order valence-electron chi connectivity index (χ0n) is 13.6. The Morgan fingerprint density at radius 1 is 1.43 bits per heavy atom. The Hall–Kier alpha value is -0.850. The van der Waals surface area contributed by atoms with Gasteiger partial charge in [0.1, 0.15) is 5.60 Å². The Labute approximate surface area is 128 Å². The van der Waals surface area contributed by atoms with E-state index < -0.39 is 5.60 Å². The number of rotatable bonds is 6. The molecule has 21 heavy (non-hydrogen) atoms. The minimum atomic E-state index is -0.480. The number of amides is 1. The lowest BCUT2D eigenvalue weighted by atomic mass is 9.90. The van der Waals surface area contributed by atoms with E-state index in [9.17, 15) is 4.79 Å². The number of hydrogen-bond donors (Lipinski definition) is 3. The van der Waals surface area contributed by atoms with E-state index in [1.807, 2.05) is 20.8 Å². The van der Waals surface area contributed by atoms with Gasteiger partial charge in [-0.15, -0.1) is 0 Å². The van der Waals surface area contributed by atoms with Crippen LogP contribution < -0.4 is 11.1 Å². The van der Waals surface area contributed by atoms with Crippen LogP contribution in [0, 0.1) is 5.92 Å². The largest absolute Gasteiger partial charge is 0.444 e. The lowest BCUT2D eigenvalue weighted by molar-refractivity contribution is 0.0445. The monoisotopic (exact) mass is 301 g/mol. The Kier molecular flexibility index (Phi) is 7.42. The van der Waals surface area contributed by atoms with Gasteiger partial charge in [-0.05, 0) is 46.0 Å². The second-order valence-corrected chi connectivity index (χ2v) is 6.86. The molecule has 2 unspecified atom stereocenters. The normalized spacial score (nSPS) is 23.9. The van der Waals surface area contributed by atoms with Gasteiger partial charge < -0.3 is 20.9 Å². The van der Waals surface area contributed by atoms with Crippen LogP contribution in [0.25, 0.3) is 0 Å². The molecule has 1 saturated heterocycles. The minimum absolute atomic E-state index is 0.0869. The van der Waals surface area contributed by atoms with Crippen molar-refractivity contribution >= 4 is 6.09 Å². The molecule has 0 saturated carbocycles. The van der Waals surface area contributed by atoms with Crippen molar-refractivity contribution in [3.05, 3.63) is 0 Å². The summed E-state index contributed by atoms with van der Waals surface area (Å²) in [4.78, 5) is 14.2. The van der Waals surface area contributed by atoms with Gasteiger partial charge in [0.15, 0.2) is 0 Å². The molecule has 0 spiro atoms. The van der Waals surface area contributed by atoms with E-state index in [0.717, 1.165) is 38.9 Å². The first-order valence-corrected chi connectivity index (χ1v) is 7.87. The number of piperidine rings is 1. The summed E-state index contributed by atoms with van der Waals surface area (Å²) in [5.74, 6) is 0.484. The van der Waals surface area contributed by atoms with Crippen LogP contribution in [-0.4, -0.2) is 60.5 Å². The predicted octanol–water partition coefficient (Wildman–Crippen LogP) is 0.933. The highest BCUT2D eigenvalue weighted by molar-refractivity contribution is 5.68. The summed E-state index contributed by atoms with van der Waals surface area (Å²) >= 11 is 0. The molecule has 1 rings (SSSR count). The standard InChI is InChI=1S/C15H31N3O3/c1-15(2,3)21-14(20)17-13-9-12(5-4-8-19)10-18(11-13)7-6-16/h12-13,19H,4-11,16H2,1-3H3,(H,17,20). The average Bonchev–Trinajstić information content (AvgIpc) is 2.34. The highest BCUT2D eigenvalue weighted by atomic mass is 16.6. The number of carbonyl (C=O) groups is 1. The zero-order chi connectivity index (χ0) is 15.9. The molecule has 1 heterocycles. The van der Waals surface area contributed by atoms with Crippen molar-refractivity contribution in [2.45, 2.75) is 51.7 Å².